The Hall–Kier alpha value is -1.32. The Morgan fingerprint density at radius 1 is 1.47 bits per heavy atom. The summed E-state index contributed by atoms with van der Waals surface area (Å²) in [4.78, 5) is 21.0. The van der Waals surface area contributed by atoms with Crippen LogP contribution in [0, 0.1) is 4.78 Å². The third kappa shape index (κ3) is 6.76. The molecule has 0 aliphatic carbocycles. The lowest BCUT2D eigenvalue weighted by Gasteiger charge is -2.15. The lowest BCUT2D eigenvalue weighted by atomic mass is 10.2. The third-order valence-corrected chi connectivity index (χ3v) is 2.67. The Balaban J connectivity index is 4.57. The van der Waals surface area contributed by atoms with Crippen molar-refractivity contribution in [1.29, 1.82) is 4.78 Å². The zero-order valence-corrected chi connectivity index (χ0v) is 9.52. The smallest absolute Gasteiger partial charge is 0.471 e. The van der Waals surface area contributed by atoms with Crippen molar-refractivity contribution in [1.82, 2.24) is 5.32 Å². The van der Waals surface area contributed by atoms with Crippen LogP contribution in [0.3, 0.4) is 0 Å². The van der Waals surface area contributed by atoms with Crippen LogP contribution in [0.5, 0.6) is 0 Å². The first-order valence-corrected chi connectivity index (χ1v) is 6.39. The number of alkyl halides is 3. The minimum Gasteiger partial charge on any atom is -0.480 e. The molecule has 17 heavy (non-hydrogen) atoms. The first-order valence-electron chi connectivity index (χ1n) is 4.25. The number of amides is 1. The fourth-order valence-electron chi connectivity index (χ4n) is 0.840. The van der Waals surface area contributed by atoms with E-state index in [1.54, 1.807) is 0 Å². The molecule has 0 fully saturated rings. The molecular weight excluding hydrogens is 265 g/mol. The Kier molecular flexibility index (Phi) is 4.93. The summed E-state index contributed by atoms with van der Waals surface area (Å²) in [6.07, 6.45) is -4.66. The summed E-state index contributed by atoms with van der Waals surface area (Å²) in [5.74, 6) is -4.47. The Morgan fingerprint density at radius 2 is 1.94 bits per heavy atom. The number of halogens is 3. The molecule has 0 heterocycles. The number of hydrogen-bond donors (Lipinski definition) is 3. The number of rotatable bonds is 5. The number of nitrogens with one attached hydrogen (secondary N) is 2. The molecule has 0 aromatic rings. The van der Waals surface area contributed by atoms with Gasteiger partial charge < -0.3 is 10.4 Å². The molecule has 0 saturated carbocycles. The number of carbonyl (C=O) groups excluding carboxylic acids is 1. The van der Waals surface area contributed by atoms with Gasteiger partial charge in [0.2, 0.25) is 0 Å². The minimum atomic E-state index is -5.18. The number of carbonyl (C=O) groups is 2. The molecule has 0 aliphatic heterocycles. The highest BCUT2D eigenvalue weighted by Crippen LogP contribution is 2.15. The highest BCUT2D eigenvalue weighted by molar-refractivity contribution is 7.91. The highest BCUT2D eigenvalue weighted by Gasteiger charge is 2.40. The van der Waals surface area contributed by atoms with Crippen molar-refractivity contribution in [2.45, 2.75) is 18.6 Å². The largest absolute Gasteiger partial charge is 0.480 e. The van der Waals surface area contributed by atoms with Crippen LogP contribution in [0.15, 0.2) is 0 Å². The van der Waals surface area contributed by atoms with Gasteiger partial charge in [-0.1, -0.05) is 0 Å². The van der Waals surface area contributed by atoms with Crippen LogP contribution < -0.4 is 5.32 Å². The van der Waals surface area contributed by atoms with Gasteiger partial charge in [0.25, 0.3) is 0 Å². The molecule has 2 atom stereocenters. The van der Waals surface area contributed by atoms with Crippen molar-refractivity contribution in [3.05, 3.63) is 0 Å². The molecule has 0 rings (SSSR count). The molecule has 10 heteroatoms. The quantitative estimate of drug-likeness (QED) is 0.666. The van der Waals surface area contributed by atoms with Gasteiger partial charge in [0.05, 0.1) is 0 Å². The fraction of sp³-hybridized carbons (Fsp3) is 0.714. The summed E-state index contributed by atoms with van der Waals surface area (Å²) < 4.78 is 53.5. The van der Waals surface area contributed by atoms with Crippen LogP contribution in [0.4, 0.5) is 13.2 Å². The lowest BCUT2D eigenvalue weighted by Crippen LogP contribution is -2.47. The second-order valence-electron chi connectivity index (χ2n) is 3.36. The lowest BCUT2D eigenvalue weighted by molar-refractivity contribution is -0.175. The van der Waals surface area contributed by atoms with Crippen LogP contribution >= 0.6 is 0 Å². The van der Waals surface area contributed by atoms with E-state index in [1.165, 1.54) is 5.32 Å². The average molecular weight is 276 g/mol. The van der Waals surface area contributed by atoms with Gasteiger partial charge in [-0.15, -0.1) is 0 Å². The van der Waals surface area contributed by atoms with Crippen molar-refractivity contribution in [2.24, 2.45) is 0 Å². The molecule has 0 saturated heterocycles. The normalized spacial score (nSPS) is 16.9. The van der Waals surface area contributed by atoms with Gasteiger partial charge in [-0.3, -0.25) is 13.8 Å². The van der Waals surface area contributed by atoms with Crippen molar-refractivity contribution in [3.63, 3.8) is 0 Å². The second kappa shape index (κ2) is 5.34. The first kappa shape index (κ1) is 15.7. The van der Waals surface area contributed by atoms with Crippen LogP contribution in [-0.4, -0.2) is 45.4 Å². The molecule has 0 aliphatic rings. The van der Waals surface area contributed by atoms with Gasteiger partial charge in [0.15, 0.2) is 0 Å². The Morgan fingerprint density at radius 3 is 2.24 bits per heavy atom. The molecule has 3 N–H and O–H groups in total. The van der Waals surface area contributed by atoms with E-state index in [2.05, 4.69) is 0 Å². The zero-order valence-electron chi connectivity index (χ0n) is 8.71. The van der Waals surface area contributed by atoms with Crippen LogP contribution in [0.25, 0.3) is 0 Å². The standard InChI is InChI=1S/C7H11F3N2O4S/c1-17(11,16)3-2-4(5(13)14)12-6(15)7(8,9)10/h4,11H,2-3H2,1H3,(H,12,15)(H,13,14). The first-order chi connectivity index (χ1) is 7.43. The summed E-state index contributed by atoms with van der Waals surface area (Å²) in [5, 5.41) is 9.81. The molecule has 0 radical (unpaired) electrons. The number of carboxylic acid groups (broad SMARTS) is 1. The van der Waals surface area contributed by atoms with Gasteiger partial charge >= 0.3 is 18.1 Å². The van der Waals surface area contributed by atoms with E-state index in [-0.39, 0.29) is 0 Å². The highest BCUT2D eigenvalue weighted by atomic mass is 32.2. The molecule has 1 amide bonds. The maximum atomic E-state index is 11.8. The Bertz CT molecular complexity index is 404. The van der Waals surface area contributed by atoms with E-state index in [0.717, 1.165) is 6.26 Å². The summed E-state index contributed by atoms with van der Waals surface area (Å²) in [6, 6.07) is -1.81. The number of carboxylic acids is 1. The predicted octanol–water partition coefficient (Wildman–Crippen LogP) is 0.185. The maximum absolute atomic E-state index is 11.8. The summed E-state index contributed by atoms with van der Waals surface area (Å²) in [7, 11) is -3.02. The summed E-state index contributed by atoms with van der Waals surface area (Å²) in [5.41, 5.74) is 0. The van der Waals surface area contributed by atoms with Crippen LogP contribution in [0.1, 0.15) is 6.42 Å². The molecule has 6 nitrogen and oxygen atoms in total. The fourth-order valence-corrected chi connectivity index (χ4v) is 1.53. The topological polar surface area (TPSA) is 107 Å². The zero-order chi connectivity index (χ0) is 13.9. The van der Waals surface area contributed by atoms with E-state index in [4.69, 9.17) is 9.89 Å². The number of hydrogen-bond acceptors (Lipinski definition) is 4. The maximum Gasteiger partial charge on any atom is 0.471 e. The van der Waals surface area contributed by atoms with Gasteiger partial charge in [0, 0.05) is 21.7 Å². The molecule has 0 bridgehead atoms. The average Bonchev–Trinajstić information content (AvgIpc) is 2.07. The van der Waals surface area contributed by atoms with E-state index in [1.807, 2.05) is 0 Å². The third-order valence-electron chi connectivity index (χ3n) is 1.66. The summed E-state index contributed by atoms with van der Waals surface area (Å²) >= 11 is 0. The Labute approximate surface area is 95.2 Å². The minimum absolute atomic E-state index is 0.415. The molecule has 0 aromatic carbocycles. The van der Waals surface area contributed by atoms with E-state index >= 15 is 0 Å². The van der Waals surface area contributed by atoms with Crippen molar-refractivity contribution in [2.75, 3.05) is 12.0 Å². The molecular formula is C7H11F3N2O4S. The van der Waals surface area contributed by atoms with Gasteiger partial charge in [-0.05, 0) is 6.42 Å². The molecule has 0 aromatic heterocycles. The van der Waals surface area contributed by atoms with Gasteiger partial charge in [-0.2, -0.15) is 13.2 Å². The van der Waals surface area contributed by atoms with Crippen molar-refractivity contribution in [3.8, 4) is 0 Å². The molecule has 0 spiro atoms. The summed E-state index contributed by atoms with van der Waals surface area (Å²) in [6.45, 7) is 0. The molecule has 2 unspecified atom stereocenters. The van der Waals surface area contributed by atoms with E-state index in [0.29, 0.717) is 0 Å². The second-order valence-corrected chi connectivity index (χ2v) is 5.78. The number of aliphatic carboxylic acids is 1. The van der Waals surface area contributed by atoms with E-state index < -0.39 is 46.0 Å². The van der Waals surface area contributed by atoms with E-state index in [9.17, 15) is 27.0 Å². The van der Waals surface area contributed by atoms with Crippen LogP contribution in [-0.2, 0) is 19.3 Å². The van der Waals surface area contributed by atoms with Gasteiger partial charge in [-0.25, -0.2) is 4.79 Å². The van der Waals surface area contributed by atoms with Gasteiger partial charge in [0.1, 0.15) is 6.04 Å². The van der Waals surface area contributed by atoms with Crippen LogP contribution in [0.2, 0.25) is 0 Å². The predicted molar refractivity (Wildman–Crippen MR) is 51.9 cm³/mol. The molecule has 100 valence electrons. The monoisotopic (exact) mass is 276 g/mol. The SMILES string of the molecule is CS(=N)(=O)CCC(NC(=O)C(F)(F)F)C(=O)O. The van der Waals surface area contributed by atoms with Crippen molar-refractivity contribution >= 4 is 21.6 Å². The van der Waals surface area contributed by atoms with Crippen molar-refractivity contribution < 1.29 is 32.1 Å².